The highest BCUT2D eigenvalue weighted by molar-refractivity contribution is 7.91. The zero-order valence-corrected chi connectivity index (χ0v) is 17.3. The molecule has 0 saturated heterocycles. The number of nitrogens with one attached hydrogen (secondary N) is 1. The van der Waals surface area contributed by atoms with Crippen LogP contribution in [0.15, 0.2) is 71.2 Å². The number of pyridine rings is 1. The molecule has 2 aromatic heterocycles. The lowest BCUT2D eigenvalue weighted by Crippen LogP contribution is -2.31. The fourth-order valence-corrected chi connectivity index (χ4v) is 5.14. The Morgan fingerprint density at radius 3 is 2.39 bits per heavy atom. The number of nitrogens with zero attached hydrogens (tertiary/aromatic N) is 1. The van der Waals surface area contributed by atoms with Crippen LogP contribution in [-0.4, -0.2) is 25.9 Å². The van der Waals surface area contributed by atoms with Crippen LogP contribution in [0, 0.1) is 0 Å². The first kappa shape index (κ1) is 20.2. The maximum atomic E-state index is 13.3. The van der Waals surface area contributed by atoms with Crippen molar-refractivity contribution < 1.29 is 13.2 Å². The molecular formula is C21H22N2O3S2. The highest BCUT2D eigenvalue weighted by Crippen LogP contribution is 2.29. The minimum Gasteiger partial charge on any atom is -0.350 e. The summed E-state index contributed by atoms with van der Waals surface area (Å²) < 4.78 is 26.7. The predicted octanol–water partition coefficient (Wildman–Crippen LogP) is 4.21. The average molecular weight is 415 g/mol. The van der Waals surface area contributed by atoms with Gasteiger partial charge in [-0.05, 0) is 46.7 Å². The lowest BCUT2D eigenvalue weighted by atomic mass is 10.0. The molecule has 2 heterocycles. The molecule has 3 aromatic rings. The van der Waals surface area contributed by atoms with E-state index in [9.17, 15) is 13.2 Å². The van der Waals surface area contributed by atoms with E-state index in [0.29, 0.717) is 16.4 Å². The number of aromatic nitrogens is 1. The van der Waals surface area contributed by atoms with Gasteiger partial charge in [0.05, 0.1) is 9.77 Å². The summed E-state index contributed by atoms with van der Waals surface area (Å²) in [5.41, 5.74) is 1.62. The number of carbonyl (C=O) groups is 1. The average Bonchev–Trinajstić information content (AvgIpc) is 3.23. The lowest BCUT2D eigenvalue weighted by Gasteiger charge is -2.19. The topological polar surface area (TPSA) is 76.1 Å². The van der Waals surface area contributed by atoms with E-state index in [2.05, 4.69) is 24.1 Å². The van der Waals surface area contributed by atoms with Crippen molar-refractivity contribution in [2.45, 2.75) is 29.9 Å². The molecule has 1 aromatic carbocycles. The minimum absolute atomic E-state index is 0.0311. The van der Waals surface area contributed by atoms with Crippen LogP contribution in [0.2, 0.25) is 0 Å². The highest BCUT2D eigenvalue weighted by Gasteiger charge is 2.30. The molecule has 1 N–H and O–H groups in total. The standard InChI is InChI=1S/C21H22N2O3S2/c1-15(2)16-7-9-18(10-8-16)28(25,26)20(17-5-3-11-22-13-17)14-23-21(24)19-6-4-12-27-19/h3-13,15,20H,14H2,1-2H3,(H,23,24)/t20-/m1/s1. The third-order valence-corrected chi connectivity index (χ3v) is 7.48. The second kappa shape index (κ2) is 8.67. The molecule has 1 amide bonds. The number of hydrogen-bond acceptors (Lipinski definition) is 5. The van der Waals surface area contributed by atoms with Crippen molar-refractivity contribution in [3.63, 3.8) is 0 Å². The van der Waals surface area contributed by atoms with Crippen molar-refractivity contribution in [1.82, 2.24) is 10.3 Å². The van der Waals surface area contributed by atoms with E-state index < -0.39 is 15.1 Å². The lowest BCUT2D eigenvalue weighted by molar-refractivity contribution is 0.0957. The van der Waals surface area contributed by atoms with Gasteiger partial charge in [-0.25, -0.2) is 8.42 Å². The second-order valence-corrected chi connectivity index (χ2v) is 9.81. The fraction of sp³-hybridized carbons (Fsp3) is 0.238. The second-order valence-electron chi connectivity index (χ2n) is 6.73. The van der Waals surface area contributed by atoms with Crippen LogP contribution in [0.3, 0.4) is 0 Å². The summed E-state index contributed by atoms with van der Waals surface area (Å²) in [4.78, 5) is 17.1. The molecule has 7 heteroatoms. The summed E-state index contributed by atoms with van der Waals surface area (Å²) in [6.07, 6.45) is 3.12. The van der Waals surface area contributed by atoms with Gasteiger partial charge in [0.25, 0.3) is 5.91 Å². The van der Waals surface area contributed by atoms with Gasteiger partial charge >= 0.3 is 0 Å². The van der Waals surface area contributed by atoms with E-state index in [4.69, 9.17) is 0 Å². The van der Waals surface area contributed by atoms with Crippen molar-refractivity contribution in [3.8, 4) is 0 Å². The summed E-state index contributed by atoms with van der Waals surface area (Å²) in [5, 5.41) is 3.64. The Bertz CT molecular complexity index is 1010. The number of carbonyl (C=O) groups excluding carboxylic acids is 1. The van der Waals surface area contributed by atoms with Gasteiger partial charge in [-0.1, -0.05) is 38.1 Å². The van der Waals surface area contributed by atoms with Crippen LogP contribution in [0.25, 0.3) is 0 Å². The van der Waals surface area contributed by atoms with Crippen LogP contribution >= 0.6 is 11.3 Å². The Morgan fingerprint density at radius 2 is 1.82 bits per heavy atom. The molecule has 0 aliphatic carbocycles. The maximum absolute atomic E-state index is 13.3. The van der Waals surface area contributed by atoms with Crippen molar-refractivity contribution in [1.29, 1.82) is 0 Å². The van der Waals surface area contributed by atoms with Crippen molar-refractivity contribution in [2.24, 2.45) is 0 Å². The van der Waals surface area contributed by atoms with Crippen molar-refractivity contribution >= 4 is 27.1 Å². The predicted molar refractivity (Wildman–Crippen MR) is 111 cm³/mol. The molecule has 0 radical (unpaired) electrons. The van der Waals surface area contributed by atoms with Crippen molar-refractivity contribution in [3.05, 3.63) is 82.3 Å². The van der Waals surface area contributed by atoms with E-state index in [-0.39, 0.29) is 17.3 Å². The quantitative estimate of drug-likeness (QED) is 0.628. The Morgan fingerprint density at radius 1 is 1.07 bits per heavy atom. The van der Waals surface area contributed by atoms with Gasteiger partial charge in [-0.2, -0.15) is 0 Å². The van der Waals surface area contributed by atoms with Gasteiger partial charge < -0.3 is 5.32 Å². The van der Waals surface area contributed by atoms with E-state index >= 15 is 0 Å². The van der Waals surface area contributed by atoms with Gasteiger partial charge in [-0.3, -0.25) is 9.78 Å². The van der Waals surface area contributed by atoms with Gasteiger partial charge in [0.1, 0.15) is 5.25 Å². The van der Waals surface area contributed by atoms with Gasteiger partial charge in [0.15, 0.2) is 9.84 Å². The van der Waals surface area contributed by atoms with Crippen LogP contribution in [0.5, 0.6) is 0 Å². The zero-order chi connectivity index (χ0) is 20.1. The van der Waals surface area contributed by atoms with E-state index in [0.717, 1.165) is 5.56 Å². The van der Waals surface area contributed by atoms with Crippen LogP contribution < -0.4 is 5.32 Å². The number of amides is 1. The van der Waals surface area contributed by atoms with Crippen LogP contribution in [0.4, 0.5) is 0 Å². The van der Waals surface area contributed by atoms with E-state index in [1.165, 1.54) is 17.5 Å². The summed E-state index contributed by atoms with van der Waals surface area (Å²) in [6, 6.07) is 13.8. The maximum Gasteiger partial charge on any atom is 0.261 e. The van der Waals surface area contributed by atoms with Gasteiger partial charge in [0.2, 0.25) is 0 Å². The number of hydrogen-bond donors (Lipinski definition) is 1. The Hall–Kier alpha value is -2.51. The largest absolute Gasteiger partial charge is 0.350 e. The molecule has 0 aliphatic heterocycles. The molecule has 0 unspecified atom stereocenters. The molecule has 1 atom stereocenters. The third-order valence-electron chi connectivity index (χ3n) is 4.50. The molecule has 0 fully saturated rings. The van der Waals surface area contributed by atoms with Crippen LogP contribution in [-0.2, 0) is 9.84 Å². The summed E-state index contributed by atoms with van der Waals surface area (Å²) >= 11 is 1.31. The fourth-order valence-electron chi connectivity index (χ4n) is 2.86. The Labute approximate surface area is 169 Å². The molecule has 3 rings (SSSR count). The molecule has 28 heavy (non-hydrogen) atoms. The number of sulfone groups is 1. The first-order valence-corrected chi connectivity index (χ1v) is 11.4. The molecule has 146 valence electrons. The SMILES string of the molecule is CC(C)c1ccc(S(=O)(=O)[C@H](CNC(=O)c2cccs2)c2cccnc2)cc1. The Balaban J connectivity index is 1.90. The van der Waals surface area contributed by atoms with E-state index in [1.807, 2.05) is 12.1 Å². The molecule has 0 saturated carbocycles. The molecule has 0 spiro atoms. The smallest absolute Gasteiger partial charge is 0.261 e. The molecular weight excluding hydrogens is 392 g/mol. The minimum atomic E-state index is -3.71. The third kappa shape index (κ3) is 4.48. The summed E-state index contributed by atoms with van der Waals surface area (Å²) in [6.45, 7) is 4.08. The first-order valence-electron chi connectivity index (χ1n) is 8.95. The highest BCUT2D eigenvalue weighted by atomic mass is 32.2. The number of thiophene rings is 1. The number of rotatable bonds is 7. The van der Waals surface area contributed by atoms with Crippen LogP contribution in [0.1, 0.15) is 45.8 Å². The monoisotopic (exact) mass is 414 g/mol. The first-order chi connectivity index (χ1) is 13.4. The molecule has 0 bridgehead atoms. The van der Waals surface area contributed by atoms with E-state index in [1.54, 1.807) is 48.0 Å². The summed E-state index contributed by atoms with van der Waals surface area (Å²) in [7, 11) is -3.71. The molecule has 5 nitrogen and oxygen atoms in total. The van der Waals surface area contributed by atoms with Crippen molar-refractivity contribution in [2.75, 3.05) is 6.54 Å². The normalized spacial score (nSPS) is 12.7. The van der Waals surface area contributed by atoms with Gasteiger partial charge in [-0.15, -0.1) is 11.3 Å². The Kier molecular flexibility index (Phi) is 6.26. The molecule has 0 aliphatic rings. The number of benzene rings is 1. The zero-order valence-electron chi connectivity index (χ0n) is 15.7. The summed E-state index contributed by atoms with van der Waals surface area (Å²) in [5.74, 6) is 0.0326. The van der Waals surface area contributed by atoms with Gasteiger partial charge in [0, 0.05) is 18.9 Å².